The predicted molar refractivity (Wildman–Crippen MR) is 109 cm³/mol. The Bertz CT molecular complexity index is 653. The second-order valence-corrected chi connectivity index (χ2v) is 5.62. The number of oxazole rings is 1. The first-order chi connectivity index (χ1) is 11.1. The maximum Gasteiger partial charge on any atom is 0.216 e. The van der Waals surface area contributed by atoms with Crippen LogP contribution in [0.5, 0.6) is 0 Å². The molecule has 0 radical (unpaired) electrons. The summed E-state index contributed by atoms with van der Waals surface area (Å²) in [6, 6.07) is 7.87. The van der Waals surface area contributed by atoms with E-state index in [1.807, 2.05) is 45.0 Å². The quantitative estimate of drug-likeness (QED) is 0.389. The molecule has 0 aliphatic carbocycles. The van der Waals surface area contributed by atoms with Crippen molar-refractivity contribution in [2.24, 2.45) is 4.99 Å². The fraction of sp³-hybridized carbons (Fsp3) is 0.412. The van der Waals surface area contributed by atoms with Crippen molar-refractivity contribution in [3.63, 3.8) is 0 Å². The summed E-state index contributed by atoms with van der Waals surface area (Å²) in [5.41, 5.74) is 2.03. The average molecular weight is 463 g/mol. The number of benzene rings is 1. The van der Waals surface area contributed by atoms with Crippen LogP contribution in [0.2, 0.25) is 5.02 Å². The summed E-state index contributed by atoms with van der Waals surface area (Å²) >= 11 is 6.16. The molecule has 132 valence electrons. The molecular formula is C17H24ClIN4O. The first-order valence-corrected chi connectivity index (χ1v) is 8.16. The lowest BCUT2D eigenvalue weighted by molar-refractivity contribution is 0.473. The van der Waals surface area contributed by atoms with Crippen LogP contribution >= 0.6 is 35.6 Å². The normalized spacial score (nSPS) is 11.1. The van der Waals surface area contributed by atoms with Crippen LogP contribution in [-0.4, -0.2) is 24.0 Å². The van der Waals surface area contributed by atoms with E-state index < -0.39 is 0 Å². The minimum atomic E-state index is 0. The van der Waals surface area contributed by atoms with Gasteiger partial charge in [0, 0.05) is 18.1 Å². The Balaban J connectivity index is 0.00000288. The number of halogens is 2. The van der Waals surface area contributed by atoms with E-state index in [1.54, 1.807) is 0 Å². The Morgan fingerprint density at radius 2 is 2.00 bits per heavy atom. The fourth-order valence-electron chi connectivity index (χ4n) is 2.11. The van der Waals surface area contributed by atoms with Gasteiger partial charge in [-0.15, -0.1) is 24.0 Å². The topological polar surface area (TPSA) is 62.5 Å². The van der Waals surface area contributed by atoms with Gasteiger partial charge < -0.3 is 15.1 Å². The summed E-state index contributed by atoms with van der Waals surface area (Å²) in [5.74, 6) is 2.21. The van der Waals surface area contributed by atoms with E-state index in [2.05, 4.69) is 20.6 Å². The molecule has 0 unspecified atom stereocenters. The maximum atomic E-state index is 6.16. The number of nitrogens with one attached hydrogen (secondary N) is 2. The van der Waals surface area contributed by atoms with Crippen LogP contribution in [0.15, 0.2) is 33.7 Å². The number of hydrogen-bond acceptors (Lipinski definition) is 3. The summed E-state index contributed by atoms with van der Waals surface area (Å²) in [4.78, 5) is 8.83. The number of hydrogen-bond donors (Lipinski definition) is 2. The first-order valence-electron chi connectivity index (χ1n) is 7.78. The average Bonchev–Trinajstić information content (AvgIpc) is 2.85. The standard InChI is InChI=1S/C17H23ClN4O.HI/c1-4-19-17(21-11-16-22-12(2)13(3)23-16)20-10-9-14-7-5-6-8-15(14)18;/h5-8H,4,9-11H2,1-3H3,(H2,19,20,21);1H. The molecule has 0 aliphatic heterocycles. The van der Waals surface area contributed by atoms with Crippen molar-refractivity contribution in [2.75, 3.05) is 13.1 Å². The van der Waals surface area contributed by atoms with Crippen LogP contribution in [0.4, 0.5) is 0 Å². The molecule has 0 fully saturated rings. The minimum absolute atomic E-state index is 0. The molecule has 1 heterocycles. The van der Waals surface area contributed by atoms with Gasteiger partial charge >= 0.3 is 0 Å². The van der Waals surface area contributed by atoms with Gasteiger partial charge in [-0.05, 0) is 38.8 Å². The lowest BCUT2D eigenvalue weighted by Crippen LogP contribution is -2.38. The van der Waals surface area contributed by atoms with Crippen LogP contribution < -0.4 is 10.6 Å². The van der Waals surface area contributed by atoms with Crippen molar-refractivity contribution >= 4 is 41.5 Å². The summed E-state index contributed by atoms with van der Waals surface area (Å²) < 4.78 is 5.54. The fourth-order valence-corrected chi connectivity index (χ4v) is 2.34. The molecule has 2 rings (SSSR count). The van der Waals surface area contributed by atoms with Gasteiger partial charge in [-0.2, -0.15) is 0 Å². The number of rotatable bonds is 6. The zero-order chi connectivity index (χ0) is 16.7. The van der Waals surface area contributed by atoms with E-state index in [1.165, 1.54) is 0 Å². The highest BCUT2D eigenvalue weighted by atomic mass is 127. The smallest absolute Gasteiger partial charge is 0.216 e. The number of nitrogens with zero attached hydrogens (tertiary/aromatic N) is 2. The Morgan fingerprint density at radius 3 is 2.62 bits per heavy atom. The van der Waals surface area contributed by atoms with E-state index >= 15 is 0 Å². The molecular weight excluding hydrogens is 439 g/mol. The van der Waals surface area contributed by atoms with Gasteiger partial charge in [0.1, 0.15) is 12.3 Å². The highest BCUT2D eigenvalue weighted by Gasteiger charge is 2.05. The van der Waals surface area contributed by atoms with Gasteiger partial charge in [0.25, 0.3) is 0 Å². The van der Waals surface area contributed by atoms with Gasteiger partial charge in [0.15, 0.2) is 5.96 Å². The van der Waals surface area contributed by atoms with Crippen LogP contribution in [0, 0.1) is 13.8 Å². The molecule has 0 spiro atoms. The number of aliphatic imine (C=N–C) groups is 1. The maximum absolute atomic E-state index is 6.16. The van der Waals surface area contributed by atoms with Crippen LogP contribution in [0.25, 0.3) is 0 Å². The molecule has 2 aromatic rings. The Hall–Kier alpha value is -1.28. The Morgan fingerprint density at radius 1 is 1.25 bits per heavy atom. The van der Waals surface area contributed by atoms with Crippen molar-refractivity contribution in [3.05, 3.63) is 52.2 Å². The van der Waals surface area contributed by atoms with Crippen LogP contribution in [-0.2, 0) is 13.0 Å². The SMILES string of the molecule is CCNC(=NCc1nc(C)c(C)o1)NCCc1ccccc1Cl.I. The monoisotopic (exact) mass is 462 g/mol. The van der Waals surface area contributed by atoms with E-state index in [4.69, 9.17) is 16.0 Å². The second-order valence-electron chi connectivity index (χ2n) is 5.21. The molecule has 0 aliphatic rings. The van der Waals surface area contributed by atoms with Gasteiger partial charge in [-0.3, -0.25) is 0 Å². The third-order valence-corrected chi connectivity index (χ3v) is 3.80. The summed E-state index contributed by atoms with van der Waals surface area (Å²) in [6.45, 7) is 7.82. The Kier molecular flexibility index (Phi) is 9.13. The lowest BCUT2D eigenvalue weighted by atomic mass is 10.1. The highest BCUT2D eigenvalue weighted by molar-refractivity contribution is 14.0. The van der Waals surface area contributed by atoms with Crippen molar-refractivity contribution in [2.45, 2.75) is 33.7 Å². The molecule has 0 bridgehead atoms. The van der Waals surface area contributed by atoms with E-state index in [0.29, 0.717) is 12.4 Å². The molecule has 24 heavy (non-hydrogen) atoms. The molecule has 0 atom stereocenters. The van der Waals surface area contributed by atoms with Crippen molar-refractivity contribution in [3.8, 4) is 0 Å². The summed E-state index contributed by atoms with van der Waals surface area (Å²) in [7, 11) is 0. The zero-order valence-corrected chi connectivity index (χ0v) is 17.3. The van der Waals surface area contributed by atoms with Gasteiger partial charge in [-0.1, -0.05) is 29.8 Å². The molecule has 5 nitrogen and oxygen atoms in total. The number of aryl methyl sites for hydroxylation is 2. The van der Waals surface area contributed by atoms with Gasteiger partial charge in [0.05, 0.1) is 5.69 Å². The third kappa shape index (κ3) is 6.32. The van der Waals surface area contributed by atoms with Gasteiger partial charge in [0.2, 0.25) is 5.89 Å². The second kappa shape index (κ2) is 10.6. The van der Waals surface area contributed by atoms with Crippen molar-refractivity contribution in [1.82, 2.24) is 15.6 Å². The first kappa shape index (κ1) is 20.8. The molecule has 0 amide bonds. The van der Waals surface area contributed by atoms with Crippen molar-refractivity contribution in [1.29, 1.82) is 0 Å². The molecule has 1 aromatic carbocycles. The van der Waals surface area contributed by atoms with E-state index in [9.17, 15) is 0 Å². The molecule has 7 heteroatoms. The van der Waals surface area contributed by atoms with Crippen LogP contribution in [0.3, 0.4) is 0 Å². The zero-order valence-electron chi connectivity index (χ0n) is 14.2. The number of guanidine groups is 1. The lowest BCUT2D eigenvalue weighted by Gasteiger charge is -2.11. The minimum Gasteiger partial charge on any atom is -0.444 e. The van der Waals surface area contributed by atoms with E-state index in [-0.39, 0.29) is 24.0 Å². The van der Waals surface area contributed by atoms with Crippen molar-refractivity contribution < 1.29 is 4.42 Å². The summed E-state index contributed by atoms with van der Waals surface area (Å²) in [6.07, 6.45) is 0.835. The predicted octanol–water partition coefficient (Wildman–Crippen LogP) is 3.86. The third-order valence-electron chi connectivity index (χ3n) is 3.43. The highest BCUT2D eigenvalue weighted by Crippen LogP contribution is 2.14. The Labute approximate surface area is 165 Å². The largest absolute Gasteiger partial charge is 0.444 e. The van der Waals surface area contributed by atoms with E-state index in [0.717, 1.165) is 47.5 Å². The summed E-state index contributed by atoms with van der Waals surface area (Å²) in [5, 5.41) is 7.30. The molecule has 0 saturated carbocycles. The van der Waals surface area contributed by atoms with Crippen LogP contribution in [0.1, 0.15) is 29.8 Å². The number of aromatic nitrogens is 1. The molecule has 1 aromatic heterocycles. The van der Waals surface area contributed by atoms with Gasteiger partial charge in [-0.25, -0.2) is 9.98 Å². The molecule has 2 N–H and O–H groups in total. The molecule has 0 saturated heterocycles.